The molecule has 1 N–H and O–H groups in total. The van der Waals surface area contributed by atoms with Crippen LogP contribution in [0, 0.1) is 23.1 Å². The molecule has 0 aromatic heterocycles. The first-order valence-electron chi connectivity index (χ1n) is 6.45. The number of hydrogen-bond donors (Lipinski definition) is 1. The van der Waals surface area contributed by atoms with Crippen LogP contribution >= 0.6 is 0 Å². The third-order valence-electron chi connectivity index (χ3n) is 2.78. The van der Waals surface area contributed by atoms with Crippen LogP contribution < -0.4 is 5.32 Å². The predicted octanol–water partition coefficient (Wildman–Crippen LogP) is 3.25. The van der Waals surface area contributed by atoms with Gasteiger partial charge in [0.05, 0.1) is 0 Å². The Morgan fingerprint density at radius 3 is 2.45 bits per heavy atom. The Bertz CT molecular complexity index is 444. The molecule has 5 heteroatoms. The van der Waals surface area contributed by atoms with E-state index < -0.39 is 17.0 Å². The van der Waals surface area contributed by atoms with E-state index in [0.717, 1.165) is 12.8 Å². The molecule has 2 nitrogen and oxygen atoms in total. The standard InChI is InChI=1S/C15H20F2NO.Ti/c1-15(2,3)14(19)18-9-5-4-6-11-7-8-12(16)10-13(11)17;/h7-8H,4-6,9H2,1-3H3,(H,18,19);/q-1;. The fourth-order valence-electron chi connectivity index (χ4n) is 1.57. The van der Waals surface area contributed by atoms with Crippen molar-refractivity contribution in [1.82, 2.24) is 5.32 Å². The number of carbonyl (C=O) groups excluding carboxylic acids is 1. The minimum Gasteiger partial charge on any atom is -0.356 e. The third-order valence-corrected chi connectivity index (χ3v) is 2.78. The molecule has 0 bridgehead atoms. The zero-order valence-electron chi connectivity index (χ0n) is 12.1. The molecule has 20 heavy (non-hydrogen) atoms. The smallest absolute Gasteiger partial charge is 0.225 e. The average molecular weight is 316 g/mol. The SMILES string of the molecule is CC(C)(C)C(=O)NCCCCc1ccc(F)[c-]c1F.[Ti]. The second kappa shape index (κ2) is 8.53. The molecular formula is C15H20F2NOTi-. The number of halogens is 2. The van der Waals surface area contributed by atoms with Crippen LogP contribution in [0.25, 0.3) is 0 Å². The number of nitrogens with one attached hydrogen (secondary N) is 1. The molecular weight excluding hydrogens is 296 g/mol. The number of rotatable bonds is 5. The summed E-state index contributed by atoms with van der Waals surface area (Å²) in [7, 11) is 0. The molecule has 0 aliphatic heterocycles. The maximum absolute atomic E-state index is 13.3. The largest absolute Gasteiger partial charge is 0.356 e. The number of unbranched alkanes of at least 4 members (excludes halogenated alkanes) is 1. The Morgan fingerprint density at radius 2 is 1.90 bits per heavy atom. The van der Waals surface area contributed by atoms with Gasteiger partial charge in [-0.05, 0) is 6.42 Å². The van der Waals surface area contributed by atoms with E-state index in [1.54, 1.807) is 0 Å². The van der Waals surface area contributed by atoms with E-state index in [1.807, 2.05) is 26.8 Å². The Kier molecular flexibility index (Phi) is 8.22. The van der Waals surface area contributed by atoms with Crippen LogP contribution in [0.1, 0.15) is 39.2 Å². The van der Waals surface area contributed by atoms with Crippen LogP contribution in [0.15, 0.2) is 12.1 Å². The van der Waals surface area contributed by atoms with Crippen molar-refractivity contribution in [2.24, 2.45) is 5.41 Å². The van der Waals surface area contributed by atoms with Crippen molar-refractivity contribution >= 4 is 5.91 Å². The van der Waals surface area contributed by atoms with Gasteiger partial charge in [0.1, 0.15) is 0 Å². The molecule has 0 fully saturated rings. The van der Waals surface area contributed by atoms with Gasteiger partial charge in [0.2, 0.25) is 5.91 Å². The van der Waals surface area contributed by atoms with Crippen molar-refractivity contribution in [2.45, 2.75) is 40.0 Å². The van der Waals surface area contributed by atoms with E-state index in [9.17, 15) is 13.6 Å². The summed E-state index contributed by atoms with van der Waals surface area (Å²) in [4.78, 5) is 11.6. The van der Waals surface area contributed by atoms with Crippen LogP contribution in [0.4, 0.5) is 8.78 Å². The Morgan fingerprint density at radius 1 is 1.25 bits per heavy atom. The summed E-state index contributed by atoms with van der Waals surface area (Å²) in [6, 6.07) is 4.66. The van der Waals surface area contributed by atoms with E-state index in [4.69, 9.17) is 0 Å². The molecule has 0 aliphatic rings. The summed E-state index contributed by atoms with van der Waals surface area (Å²) in [5.41, 5.74) is 0.0708. The van der Waals surface area contributed by atoms with Crippen molar-refractivity contribution in [3.63, 3.8) is 0 Å². The van der Waals surface area contributed by atoms with Gasteiger partial charge in [-0.25, -0.2) is 8.78 Å². The van der Waals surface area contributed by atoms with Gasteiger partial charge in [-0.2, -0.15) is 6.07 Å². The van der Waals surface area contributed by atoms with Gasteiger partial charge in [-0.1, -0.05) is 33.6 Å². The summed E-state index contributed by atoms with van der Waals surface area (Å²) in [5, 5.41) is 2.83. The monoisotopic (exact) mass is 316 g/mol. The fourth-order valence-corrected chi connectivity index (χ4v) is 1.57. The summed E-state index contributed by atoms with van der Waals surface area (Å²) in [6.07, 6.45) is 2.02. The van der Waals surface area contributed by atoms with Gasteiger partial charge in [0.15, 0.2) is 0 Å². The molecule has 1 amide bonds. The normalized spacial score (nSPS) is 10.8. The second-order valence-corrected chi connectivity index (χ2v) is 5.61. The average Bonchev–Trinajstić information content (AvgIpc) is 2.29. The minimum atomic E-state index is -0.682. The number of benzene rings is 1. The molecule has 0 atom stereocenters. The molecule has 0 spiro atoms. The quantitative estimate of drug-likeness (QED) is 0.504. The maximum atomic E-state index is 13.3. The molecule has 0 saturated heterocycles. The molecule has 1 aromatic carbocycles. The molecule has 0 unspecified atom stereocenters. The number of amides is 1. The van der Waals surface area contributed by atoms with Crippen molar-refractivity contribution in [3.8, 4) is 0 Å². The Hall–Kier alpha value is -0.736. The Labute approximate surface area is 134 Å². The van der Waals surface area contributed by atoms with Gasteiger partial charge in [-0.15, -0.1) is 17.7 Å². The maximum Gasteiger partial charge on any atom is 0.225 e. The van der Waals surface area contributed by atoms with E-state index in [-0.39, 0.29) is 27.6 Å². The molecule has 0 saturated carbocycles. The topological polar surface area (TPSA) is 29.1 Å². The summed E-state index contributed by atoms with van der Waals surface area (Å²) < 4.78 is 25.9. The Balaban J connectivity index is 0.00000361. The van der Waals surface area contributed by atoms with E-state index in [0.29, 0.717) is 18.5 Å². The van der Waals surface area contributed by atoms with Crippen LogP contribution in [0.3, 0.4) is 0 Å². The minimum absolute atomic E-state index is 0. The number of aryl methyl sites for hydroxylation is 1. The number of hydrogen-bond acceptors (Lipinski definition) is 1. The van der Waals surface area contributed by atoms with Gasteiger partial charge < -0.3 is 5.32 Å². The third kappa shape index (κ3) is 6.62. The summed E-state index contributed by atoms with van der Waals surface area (Å²) in [5.74, 6) is -1.30. The number of carbonyl (C=O) groups is 1. The molecule has 110 valence electrons. The molecule has 0 aliphatic carbocycles. The van der Waals surface area contributed by atoms with Gasteiger partial charge in [-0.3, -0.25) is 4.79 Å². The van der Waals surface area contributed by atoms with E-state index in [1.165, 1.54) is 12.1 Å². The van der Waals surface area contributed by atoms with E-state index in [2.05, 4.69) is 5.32 Å². The first-order valence-corrected chi connectivity index (χ1v) is 6.45. The van der Waals surface area contributed by atoms with Gasteiger partial charge in [0, 0.05) is 45.3 Å². The van der Waals surface area contributed by atoms with Crippen LogP contribution in [-0.4, -0.2) is 12.5 Å². The first-order chi connectivity index (χ1) is 8.80. The van der Waals surface area contributed by atoms with Crippen LogP contribution in [-0.2, 0) is 32.9 Å². The summed E-state index contributed by atoms with van der Waals surface area (Å²) in [6.45, 7) is 6.13. The van der Waals surface area contributed by atoms with Crippen molar-refractivity contribution in [2.75, 3.05) is 6.54 Å². The molecule has 1 aromatic rings. The van der Waals surface area contributed by atoms with Crippen molar-refractivity contribution in [3.05, 3.63) is 35.4 Å². The zero-order valence-corrected chi connectivity index (χ0v) is 13.7. The molecule has 0 heterocycles. The first kappa shape index (κ1) is 19.3. The summed E-state index contributed by atoms with van der Waals surface area (Å²) >= 11 is 0. The fraction of sp³-hybridized carbons (Fsp3) is 0.533. The van der Waals surface area contributed by atoms with Crippen LogP contribution in [0.5, 0.6) is 0 Å². The molecule has 1 rings (SSSR count). The van der Waals surface area contributed by atoms with Crippen molar-refractivity contribution < 1.29 is 35.3 Å². The predicted molar refractivity (Wildman–Crippen MR) is 70.6 cm³/mol. The van der Waals surface area contributed by atoms with Crippen LogP contribution in [0.2, 0.25) is 0 Å². The van der Waals surface area contributed by atoms with Gasteiger partial charge in [0.25, 0.3) is 0 Å². The zero-order chi connectivity index (χ0) is 14.5. The van der Waals surface area contributed by atoms with Crippen molar-refractivity contribution in [1.29, 1.82) is 0 Å². The van der Waals surface area contributed by atoms with Gasteiger partial charge >= 0.3 is 0 Å². The van der Waals surface area contributed by atoms with E-state index >= 15 is 0 Å². The second-order valence-electron chi connectivity index (χ2n) is 5.61. The molecule has 0 radical (unpaired) electrons.